The Kier molecular flexibility index (Phi) is 5.02. The molecule has 0 radical (unpaired) electrons. The Morgan fingerprint density at radius 1 is 1.47 bits per heavy atom. The highest BCUT2D eigenvalue weighted by atomic mass is 32.2. The van der Waals surface area contributed by atoms with Gasteiger partial charge >= 0.3 is 5.97 Å². The lowest BCUT2D eigenvalue weighted by Crippen LogP contribution is -2.44. The summed E-state index contributed by atoms with van der Waals surface area (Å²) < 4.78 is 26.3. The molecule has 0 bridgehead atoms. The van der Waals surface area contributed by atoms with Crippen molar-refractivity contribution in [3.8, 4) is 0 Å². The number of nitrogens with one attached hydrogen (secondary N) is 1. The average molecular weight is 286 g/mol. The highest BCUT2D eigenvalue weighted by Crippen LogP contribution is 2.13. The van der Waals surface area contributed by atoms with Gasteiger partial charge in [-0.25, -0.2) is 8.42 Å². The van der Waals surface area contributed by atoms with Gasteiger partial charge in [0, 0.05) is 11.9 Å². The first-order valence-electron chi connectivity index (χ1n) is 5.95. The van der Waals surface area contributed by atoms with Crippen LogP contribution in [0.5, 0.6) is 0 Å². The van der Waals surface area contributed by atoms with Crippen LogP contribution >= 0.6 is 0 Å². The molecule has 6 nitrogen and oxygen atoms in total. The second-order valence-electron chi connectivity index (χ2n) is 4.46. The van der Waals surface area contributed by atoms with Crippen molar-refractivity contribution in [1.29, 1.82) is 0 Å². The van der Waals surface area contributed by atoms with E-state index >= 15 is 0 Å². The molecule has 1 rings (SSSR count). The van der Waals surface area contributed by atoms with Gasteiger partial charge in [0.25, 0.3) is 0 Å². The van der Waals surface area contributed by atoms with E-state index in [0.717, 1.165) is 0 Å². The molecule has 2 N–H and O–H groups in total. The number of carboxylic acid groups (broad SMARTS) is 1. The van der Waals surface area contributed by atoms with Gasteiger partial charge in [-0.2, -0.15) is 4.72 Å². The molecule has 0 aliphatic heterocycles. The van der Waals surface area contributed by atoms with Crippen LogP contribution in [0.1, 0.15) is 26.0 Å². The van der Waals surface area contributed by atoms with E-state index in [0.29, 0.717) is 12.1 Å². The van der Waals surface area contributed by atoms with Gasteiger partial charge in [-0.3, -0.25) is 9.78 Å². The van der Waals surface area contributed by atoms with Crippen molar-refractivity contribution in [3.05, 3.63) is 24.0 Å². The molecule has 0 saturated carbocycles. The lowest BCUT2D eigenvalue weighted by atomic mass is 10.0. The third kappa shape index (κ3) is 4.00. The molecule has 0 aromatic carbocycles. The second-order valence-corrected chi connectivity index (χ2v) is 6.17. The number of rotatable bonds is 6. The lowest BCUT2D eigenvalue weighted by Gasteiger charge is -2.19. The number of hydrogen-bond donors (Lipinski definition) is 2. The molecule has 1 heterocycles. The third-order valence-corrected chi connectivity index (χ3v) is 4.38. The minimum Gasteiger partial charge on any atom is -0.480 e. The Morgan fingerprint density at radius 2 is 2.11 bits per heavy atom. The Labute approximate surface area is 112 Å². The minimum atomic E-state index is -3.87. The summed E-state index contributed by atoms with van der Waals surface area (Å²) in [5, 5.41) is 9.09. The quantitative estimate of drug-likeness (QED) is 0.818. The molecule has 0 fully saturated rings. The highest BCUT2D eigenvalue weighted by molar-refractivity contribution is 7.89. The molecule has 1 aromatic heterocycles. The predicted molar refractivity (Wildman–Crippen MR) is 70.2 cm³/mol. The van der Waals surface area contributed by atoms with E-state index in [1.54, 1.807) is 19.9 Å². The maximum Gasteiger partial charge on any atom is 0.322 e. The van der Waals surface area contributed by atoms with Crippen LogP contribution in [0.4, 0.5) is 0 Å². The van der Waals surface area contributed by atoms with Crippen LogP contribution in [-0.2, 0) is 14.8 Å². The summed E-state index contributed by atoms with van der Waals surface area (Å²) in [7, 11) is -3.87. The largest absolute Gasteiger partial charge is 0.480 e. The minimum absolute atomic E-state index is 0.0346. The second kappa shape index (κ2) is 6.12. The molecular formula is C12H18N2O4S. The van der Waals surface area contributed by atoms with Crippen LogP contribution in [0.25, 0.3) is 0 Å². The van der Waals surface area contributed by atoms with E-state index in [1.807, 2.05) is 6.92 Å². The summed E-state index contributed by atoms with van der Waals surface area (Å²) in [4.78, 5) is 15.0. The Hall–Kier alpha value is -1.47. The fraction of sp³-hybridized carbons (Fsp3) is 0.500. The molecule has 0 spiro atoms. The Morgan fingerprint density at radius 3 is 2.53 bits per heavy atom. The van der Waals surface area contributed by atoms with Crippen molar-refractivity contribution in [2.75, 3.05) is 0 Å². The topological polar surface area (TPSA) is 96.4 Å². The monoisotopic (exact) mass is 286 g/mol. The zero-order valence-corrected chi connectivity index (χ0v) is 11.9. The maximum atomic E-state index is 12.1. The van der Waals surface area contributed by atoms with E-state index in [1.165, 1.54) is 12.3 Å². The van der Waals surface area contributed by atoms with Crippen LogP contribution < -0.4 is 4.72 Å². The fourth-order valence-corrected chi connectivity index (χ4v) is 2.74. The van der Waals surface area contributed by atoms with Gasteiger partial charge in [0.05, 0.1) is 0 Å². The van der Waals surface area contributed by atoms with Crippen molar-refractivity contribution < 1.29 is 18.3 Å². The molecule has 1 aromatic rings. The number of carboxylic acids is 1. The van der Waals surface area contributed by atoms with E-state index in [-0.39, 0.29) is 10.8 Å². The molecular weight excluding hydrogens is 268 g/mol. The Balaban J connectivity index is 3.00. The van der Waals surface area contributed by atoms with Crippen LogP contribution in [-0.4, -0.2) is 30.5 Å². The van der Waals surface area contributed by atoms with Gasteiger partial charge in [0.15, 0.2) is 0 Å². The van der Waals surface area contributed by atoms with Gasteiger partial charge in [-0.05, 0) is 25.0 Å². The van der Waals surface area contributed by atoms with E-state index in [4.69, 9.17) is 5.11 Å². The maximum absolute atomic E-state index is 12.1. The molecule has 2 atom stereocenters. The molecule has 0 aliphatic carbocycles. The predicted octanol–water partition coefficient (Wildman–Crippen LogP) is 1.17. The third-order valence-electron chi connectivity index (χ3n) is 2.96. The normalized spacial score (nSPS) is 14.9. The number of carbonyl (C=O) groups is 1. The van der Waals surface area contributed by atoms with Crippen molar-refractivity contribution in [2.45, 2.75) is 38.1 Å². The van der Waals surface area contributed by atoms with E-state index in [2.05, 4.69) is 9.71 Å². The molecule has 19 heavy (non-hydrogen) atoms. The molecule has 0 unspecified atom stereocenters. The van der Waals surface area contributed by atoms with Crippen LogP contribution in [0.3, 0.4) is 0 Å². The van der Waals surface area contributed by atoms with Crippen LogP contribution in [0.2, 0.25) is 0 Å². The SMILES string of the molecule is CC[C@H](C)[C@H](NS(=O)(=O)c1ccc(C)nc1)C(=O)O. The number of aliphatic carboxylic acids is 1. The molecule has 106 valence electrons. The zero-order chi connectivity index (χ0) is 14.6. The number of aromatic nitrogens is 1. The van der Waals surface area contributed by atoms with Gasteiger partial charge in [-0.1, -0.05) is 20.3 Å². The summed E-state index contributed by atoms with van der Waals surface area (Å²) in [5.41, 5.74) is 0.690. The molecule has 0 saturated heterocycles. The van der Waals surface area contributed by atoms with Crippen molar-refractivity contribution >= 4 is 16.0 Å². The summed E-state index contributed by atoms with van der Waals surface area (Å²) in [6.07, 6.45) is 1.78. The highest BCUT2D eigenvalue weighted by Gasteiger charge is 2.29. The van der Waals surface area contributed by atoms with E-state index < -0.39 is 22.0 Å². The smallest absolute Gasteiger partial charge is 0.322 e. The van der Waals surface area contributed by atoms with Crippen LogP contribution in [0.15, 0.2) is 23.2 Å². The summed E-state index contributed by atoms with van der Waals surface area (Å²) >= 11 is 0. The first-order valence-corrected chi connectivity index (χ1v) is 7.44. The number of sulfonamides is 1. The fourth-order valence-electron chi connectivity index (χ4n) is 1.49. The van der Waals surface area contributed by atoms with Crippen molar-refractivity contribution in [2.24, 2.45) is 5.92 Å². The summed E-state index contributed by atoms with van der Waals surface area (Å²) in [6, 6.07) is 1.82. The first kappa shape index (κ1) is 15.6. The number of hydrogen-bond acceptors (Lipinski definition) is 4. The number of nitrogens with zero attached hydrogens (tertiary/aromatic N) is 1. The van der Waals surface area contributed by atoms with Crippen LogP contribution in [0, 0.1) is 12.8 Å². The van der Waals surface area contributed by atoms with Gasteiger partial charge < -0.3 is 5.11 Å². The average Bonchev–Trinajstić information content (AvgIpc) is 2.35. The lowest BCUT2D eigenvalue weighted by molar-refractivity contribution is -0.140. The van der Waals surface area contributed by atoms with Crippen molar-refractivity contribution in [3.63, 3.8) is 0 Å². The summed E-state index contributed by atoms with van der Waals surface area (Å²) in [5.74, 6) is -1.48. The van der Waals surface area contributed by atoms with Gasteiger partial charge in [0.1, 0.15) is 10.9 Å². The molecule has 0 aliphatic rings. The summed E-state index contributed by atoms with van der Waals surface area (Å²) in [6.45, 7) is 5.24. The first-order chi connectivity index (χ1) is 8.77. The van der Waals surface area contributed by atoms with Gasteiger partial charge in [-0.15, -0.1) is 0 Å². The number of pyridine rings is 1. The van der Waals surface area contributed by atoms with Crippen molar-refractivity contribution in [1.82, 2.24) is 9.71 Å². The van der Waals surface area contributed by atoms with E-state index in [9.17, 15) is 13.2 Å². The zero-order valence-electron chi connectivity index (χ0n) is 11.1. The van der Waals surface area contributed by atoms with Gasteiger partial charge in [0.2, 0.25) is 10.0 Å². The Bertz CT molecular complexity index is 539. The standard InChI is InChI=1S/C12H18N2O4S/c1-4-8(2)11(12(15)16)14-19(17,18)10-6-5-9(3)13-7-10/h5-8,11,14H,4H2,1-3H3,(H,15,16)/t8-,11-/m0/s1. The molecule has 7 heteroatoms. The molecule has 0 amide bonds. The number of aryl methyl sites for hydroxylation is 1.